The molecule has 1 aromatic heterocycles. The standard InChI is InChI=1S/C12H3Cl2F6N5OS/c13-5-1-4(11(15,16)17)2-6(14)9(5)25-3-7(27-12(18,19)20)8(23-25)10(26)22-24-21/h1-3H. The van der Waals surface area contributed by atoms with Crippen LogP contribution in [0.3, 0.4) is 0 Å². The van der Waals surface area contributed by atoms with Gasteiger partial charge in [-0.2, -0.15) is 31.4 Å². The summed E-state index contributed by atoms with van der Waals surface area (Å²) in [6.45, 7) is 0. The van der Waals surface area contributed by atoms with Crippen LogP contribution in [0.2, 0.25) is 10.0 Å². The summed E-state index contributed by atoms with van der Waals surface area (Å²) < 4.78 is 76.9. The Bertz CT molecular complexity index is 928. The number of azide groups is 1. The maximum atomic E-state index is 12.8. The number of benzene rings is 1. The molecule has 27 heavy (non-hydrogen) atoms. The highest BCUT2D eigenvalue weighted by atomic mass is 35.5. The summed E-state index contributed by atoms with van der Waals surface area (Å²) in [5, 5.41) is 5.02. The summed E-state index contributed by atoms with van der Waals surface area (Å²) in [6, 6.07) is 0.992. The van der Waals surface area contributed by atoms with Crippen LogP contribution >= 0.6 is 35.0 Å². The first kappa shape index (κ1) is 21.2. The van der Waals surface area contributed by atoms with E-state index in [1.54, 1.807) is 0 Å². The fraction of sp³-hybridized carbons (Fsp3) is 0.167. The minimum absolute atomic E-state index is 0.393. The zero-order valence-corrected chi connectivity index (χ0v) is 14.6. The zero-order chi connectivity index (χ0) is 20.6. The lowest BCUT2D eigenvalue weighted by atomic mass is 10.2. The SMILES string of the molecule is [N-]=[N+]=NC(=O)c1nn(-c2c(Cl)cc(C(F)(F)F)cc2Cl)cc1SC(F)(F)F. The lowest BCUT2D eigenvalue weighted by Gasteiger charge is -2.12. The number of aromatic nitrogens is 2. The van der Waals surface area contributed by atoms with Gasteiger partial charge in [-0.25, -0.2) is 4.68 Å². The summed E-state index contributed by atoms with van der Waals surface area (Å²) in [5.74, 6) is -1.43. The predicted octanol–water partition coefficient (Wildman–Crippen LogP) is 6.26. The van der Waals surface area contributed by atoms with Crippen molar-refractivity contribution < 1.29 is 31.1 Å². The van der Waals surface area contributed by atoms with Gasteiger partial charge < -0.3 is 0 Å². The van der Waals surface area contributed by atoms with Crippen molar-refractivity contribution in [1.29, 1.82) is 0 Å². The van der Waals surface area contributed by atoms with E-state index >= 15 is 0 Å². The van der Waals surface area contributed by atoms with E-state index in [1.807, 2.05) is 0 Å². The van der Waals surface area contributed by atoms with Crippen molar-refractivity contribution in [2.75, 3.05) is 0 Å². The Morgan fingerprint density at radius 1 is 1.19 bits per heavy atom. The molecule has 0 saturated carbocycles. The van der Waals surface area contributed by atoms with Crippen molar-refractivity contribution >= 4 is 40.9 Å². The molecular weight excluding hydrogens is 447 g/mol. The lowest BCUT2D eigenvalue weighted by Crippen LogP contribution is -2.07. The minimum Gasteiger partial charge on any atom is -0.285 e. The normalized spacial score (nSPS) is 12.0. The molecular formula is C12H3Cl2F6N5OS. The third-order valence-corrected chi connectivity index (χ3v) is 4.14. The van der Waals surface area contributed by atoms with Crippen LogP contribution in [-0.2, 0) is 6.18 Å². The number of alkyl halides is 6. The second-order valence-electron chi connectivity index (χ2n) is 4.62. The van der Waals surface area contributed by atoms with Gasteiger partial charge >= 0.3 is 11.7 Å². The van der Waals surface area contributed by atoms with Crippen LogP contribution in [0.15, 0.2) is 28.3 Å². The van der Waals surface area contributed by atoms with Crippen molar-refractivity contribution in [2.24, 2.45) is 5.11 Å². The number of nitrogens with zero attached hydrogens (tertiary/aromatic N) is 5. The second-order valence-corrected chi connectivity index (χ2v) is 6.54. The van der Waals surface area contributed by atoms with E-state index in [9.17, 15) is 31.1 Å². The van der Waals surface area contributed by atoms with Crippen LogP contribution in [0.5, 0.6) is 0 Å². The number of halogens is 8. The monoisotopic (exact) mass is 449 g/mol. The van der Waals surface area contributed by atoms with Gasteiger partial charge in [0, 0.05) is 11.1 Å². The smallest absolute Gasteiger partial charge is 0.285 e. The van der Waals surface area contributed by atoms with Crippen molar-refractivity contribution in [2.45, 2.75) is 16.6 Å². The van der Waals surface area contributed by atoms with Gasteiger partial charge in [-0.15, -0.1) is 0 Å². The van der Waals surface area contributed by atoms with Gasteiger partial charge in [-0.3, -0.25) is 4.79 Å². The topological polar surface area (TPSA) is 83.7 Å². The number of carbonyl (C=O) groups excluding carboxylic acids is 1. The molecule has 144 valence electrons. The quantitative estimate of drug-likeness (QED) is 0.182. The zero-order valence-electron chi connectivity index (χ0n) is 12.3. The molecule has 0 aliphatic heterocycles. The van der Waals surface area contributed by atoms with E-state index in [1.165, 1.54) is 0 Å². The molecule has 0 aliphatic rings. The highest BCUT2D eigenvalue weighted by Gasteiger charge is 2.35. The minimum atomic E-state index is -4.83. The lowest BCUT2D eigenvalue weighted by molar-refractivity contribution is -0.137. The van der Waals surface area contributed by atoms with Crippen LogP contribution in [0.4, 0.5) is 26.3 Å². The van der Waals surface area contributed by atoms with Crippen molar-refractivity contribution in [3.8, 4) is 5.69 Å². The van der Waals surface area contributed by atoms with Crippen molar-refractivity contribution in [3.05, 3.63) is 50.1 Å². The summed E-state index contributed by atoms with van der Waals surface area (Å²) in [4.78, 5) is 13.1. The van der Waals surface area contributed by atoms with Gasteiger partial charge in [0.25, 0.3) is 5.91 Å². The molecule has 15 heteroatoms. The van der Waals surface area contributed by atoms with Gasteiger partial charge in [0.05, 0.1) is 20.5 Å². The molecule has 0 atom stereocenters. The molecule has 0 bridgehead atoms. The average molecular weight is 450 g/mol. The molecule has 6 nitrogen and oxygen atoms in total. The van der Waals surface area contributed by atoms with Gasteiger partial charge in [0.2, 0.25) is 0 Å². The van der Waals surface area contributed by atoms with E-state index in [-0.39, 0.29) is 0 Å². The molecule has 0 spiro atoms. The second kappa shape index (κ2) is 7.50. The molecule has 1 amide bonds. The Morgan fingerprint density at radius 2 is 1.74 bits per heavy atom. The van der Waals surface area contributed by atoms with Gasteiger partial charge in [-0.1, -0.05) is 23.2 Å². The first-order chi connectivity index (χ1) is 12.3. The Balaban J connectivity index is 2.64. The van der Waals surface area contributed by atoms with Crippen molar-refractivity contribution in [1.82, 2.24) is 9.78 Å². The average Bonchev–Trinajstić information content (AvgIpc) is 2.87. The molecule has 0 fully saturated rings. The maximum absolute atomic E-state index is 12.8. The third kappa shape index (κ3) is 5.01. The molecule has 2 rings (SSSR count). The predicted molar refractivity (Wildman–Crippen MR) is 84.0 cm³/mol. The maximum Gasteiger partial charge on any atom is 0.446 e. The van der Waals surface area contributed by atoms with Crippen LogP contribution in [-0.4, -0.2) is 21.2 Å². The first-order valence-corrected chi connectivity index (χ1v) is 7.92. The van der Waals surface area contributed by atoms with Crippen LogP contribution < -0.4 is 0 Å². The van der Waals surface area contributed by atoms with E-state index < -0.39 is 61.2 Å². The fourth-order valence-corrected chi connectivity index (χ4v) is 3.14. The van der Waals surface area contributed by atoms with E-state index in [0.717, 1.165) is 0 Å². The van der Waals surface area contributed by atoms with Crippen LogP contribution in [0.1, 0.15) is 16.1 Å². The van der Waals surface area contributed by atoms with Crippen molar-refractivity contribution in [3.63, 3.8) is 0 Å². The fourth-order valence-electron chi connectivity index (χ4n) is 1.86. The molecule has 0 N–H and O–H groups in total. The van der Waals surface area contributed by atoms with E-state index in [0.29, 0.717) is 23.0 Å². The Hall–Kier alpha value is -2.08. The van der Waals surface area contributed by atoms with Crippen LogP contribution in [0.25, 0.3) is 16.1 Å². The Labute approximate surface area is 159 Å². The number of hydrogen-bond acceptors (Lipinski definition) is 3. The largest absolute Gasteiger partial charge is 0.446 e. The Morgan fingerprint density at radius 3 is 2.19 bits per heavy atom. The summed E-state index contributed by atoms with van der Waals surface area (Å²) >= 11 is 10.8. The number of carbonyl (C=O) groups is 1. The van der Waals surface area contributed by atoms with Gasteiger partial charge in [-0.05, 0) is 34.5 Å². The van der Waals surface area contributed by atoms with E-state index in [2.05, 4.69) is 15.1 Å². The summed E-state index contributed by atoms with van der Waals surface area (Å²) in [6.07, 6.45) is -4.09. The molecule has 0 aliphatic carbocycles. The highest BCUT2D eigenvalue weighted by molar-refractivity contribution is 8.00. The summed E-state index contributed by atoms with van der Waals surface area (Å²) in [7, 11) is 0. The molecule has 0 saturated heterocycles. The van der Waals surface area contributed by atoms with Gasteiger partial charge in [0.15, 0.2) is 0 Å². The van der Waals surface area contributed by atoms with E-state index in [4.69, 9.17) is 28.7 Å². The number of rotatable bonds is 3. The molecule has 0 radical (unpaired) electrons. The summed E-state index contributed by atoms with van der Waals surface area (Å²) in [5.41, 5.74) is 0.982. The Kier molecular flexibility index (Phi) is 5.90. The van der Waals surface area contributed by atoms with Crippen LogP contribution in [0, 0.1) is 0 Å². The third-order valence-electron chi connectivity index (χ3n) is 2.82. The first-order valence-electron chi connectivity index (χ1n) is 6.35. The molecule has 1 heterocycles. The van der Waals surface area contributed by atoms with Gasteiger partial charge in [0.1, 0.15) is 11.4 Å². The number of amides is 1. The molecule has 1 aromatic carbocycles. The highest BCUT2D eigenvalue weighted by Crippen LogP contribution is 2.41. The number of hydrogen-bond donors (Lipinski definition) is 0. The molecule has 0 unspecified atom stereocenters. The number of thioether (sulfide) groups is 1. The molecule has 2 aromatic rings.